The molecule has 0 spiro atoms. The van der Waals surface area contributed by atoms with Crippen LogP contribution < -0.4 is 5.32 Å². The summed E-state index contributed by atoms with van der Waals surface area (Å²) >= 11 is 0. The Hall–Kier alpha value is -3.49. The second kappa shape index (κ2) is 8.03. The first-order chi connectivity index (χ1) is 13.4. The maximum atomic E-state index is 12.5. The molecule has 9 nitrogen and oxygen atoms in total. The fraction of sp³-hybridized carbons (Fsp3) is 0.316. The molecular formula is C19H22N6O3. The number of aromatic nitrogens is 4. The van der Waals surface area contributed by atoms with Gasteiger partial charge in [0.1, 0.15) is 11.4 Å². The number of hydrogen-bond donors (Lipinski definition) is 1. The highest BCUT2D eigenvalue weighted by molar-refractivity contribution is 5.94. The second-order valence-corrected chi connectivity index (χ2v) is 6.46. The van der Waals surface area contributed by atoms with Crippen molar-refractivity contribution in [1.29, 1.82) is 0 Å². The highest BCUT2D eigenvalue weighted by Gasteiger charge is 2.21. The van der Waals surface area contributed by atoms with Crippen molar-refractivity contribution in [2.24, 2.45) is 0 Å². The van der Waals surface area contributed by atoms with Crippen LogP contribution in [0.2, 0.25) is 0 Å². The van der Waals surface area contributed by atoms with E-state index in [-0.39, 0.29) is 11.6 Å². The number of amides is 1. The third-order valence-corrected chi connectivity index (χ3v) is 4.58. The van der Waals surface area contributed by atoms with Crippen molar-refractivity contribution >= 4 is 11.6 Å². The molecule has 0 aliphatic carbocycles. The molecule has 1 amide bonds. The first kappa shape index (κ1) is 19.3. The van der Waals surface area contributed by atoms with Gasteiger partial charge in [-0.15, -0.1) is 0 Å². The normalized spacial score (nSPS) is 10.8. The van der Waals surface area contributed by atoms with Crippen molar-refractivity contribution in [3.05, 3.63) is 74.9 Å². The minimum absolute atomic E-state index is 0.0291. The summed E-state index contributed by atoms with van der Waals surface area (Å²) < 4.78 is 3.41. The quantitative estimate of drug-likeness (QED) is 0.499. The van der Waals surface area contributed by atoms with Crippen molar-refractivity contribution in [2.75, 3.05) is 0 Å². The Morgan fingerprint density at radius 1 is 1.25 bits per heavy atom. The van der Waals surface area contributed by atoms with Crippen LogP contribution in [0.25, 0.3) is 0 Å². The number of carbonyl (C=O) groups excluding carboxylic acids is 1. The van der Waals surface area contributed by atoms with E-state index in [0.717, 1.165) is 17.8 Å². The summed E-state index contributed by atoms with van der Waals surface area (Å²) in [6, 6.07) is 9.04. The number of benzene rings is 1. The molecule has 0 saturated carbocycles. The average Bonchev–Trinajstić information content (AvgIpc) is 3.23. The van der Waals surface area contributed by atoms with E-state index in [0.29, 0.717) is 30.0 Å². The summed E-state index contributed by atoms with van der Waals surface area (Å²) in [4.78, 5) is 23.2. The van der Waals surface area contributed by atoms with Crippen LogP contribution in [0.4, 0.5) is 5.69 Å². The number of aryl methyl sites for hydroxylation is 2. The van der Waals surface area contributed by atoms with Gasteiger partial charge in [0.2, 0.25) is 0 Å². The van der Waals surface area contributed by atoms with Gasteiger partial charge < -0.3 is 5.32 Å². The van der Waals surface area contributed by atoms with Crippen LogP contribution >= 0.6 is 0 Å². The summed E-state index contributed by atoms with van der Waals surface area (Å²) in [7, 11) is 0. The predicted octanol–water partition coefficient (Wildman–Crippen LogP) is 2.60. The molecule has 28 heavy (non-hydrogen) atoms. The van der Waals surface area contributed by atoms with Gasteiger partial charge in [0.05, 0.1) is 23.7 Å². The standard InChI is InChI=1S/C19H22N6O3/c1-4-23-17(8-9-21-23)11-20-19(26)16-7-5-6-15(10-16)12-24-14(3)18(25(27)28)13(2)22-24/h5-10H,4,11-12H2,1-3H3,(H,20,26). The minimum Gasteiger partial charge on any atom is -0.346 e. The molecule has 0 atom stereocenters. The van der Waals surface area contributed by atoms with E-state index >= 15 is 0 Å². The summed E-state index contributed by atoms with van der Waals surface area (Å²) in [5.74, 6) is -0.190. The number of nitro groups is 1. The van der Waals surface area contributed by atoms with Gasteiger partial charge in [-0.05, 0) is 44.5 Å². The zero-order chi connectivity index (χ0) is 20.3. The van der Waals surface area contributed by atoms with E-state index < -0.39 is 4.92 Å². The number of nitrogens with one attached hydrogen (secondary N) is 1. The molecule has 1 aromatic carbocycles. The smallest absolute Gasteiger partial charge is 0.312 e. The van der Waals surface area contributed by atoms with Crippen LogP contribution in [0.3, 0.4) is 0 Å². The highest BCUT2D eigenvalue weighted by atomic mass is 16.6. The van der Waals surface area contributed by atoms with Crippen LogP contribution in [0, 0.1) is 24.0 Å². The molecule has 0 fully saturated rings. The molecular weight excluding hydrogens is 360 g/mol. The lowest BCUT2D eigenvalue weighted by molar-refractivity contribution is -0.386. The molecule has 0 saturated heterocycles. The highest BCUT2D eigenvalue weighted by Crippen LogP contribution is 2.22. The maximum absolute atomic E-state index is 12.5. The van der Waals surface area contributed by atoms with Gasteiger partial charge in [-0.3, -0.25) is 24.3 Å². The molecule has 9 heteroatoms. The lowest BCUT2D eigenvalue weighted by atomic mass is 10.1. The molecule has 0 unspecified atom stereocenters. The van der Waals surface area contributed by atoms with E-state index in [1.165, 1.54) is 0 Å². The lowest BCUT2D eigenvalue weighted by Gasteiger charge is -2.09. The summed E-state index contributed by atoms with van der Waals surface area (Å²) in [5.41, 5.74) is 3.19. The zero-order valence-corrected chi connectivity index (χ0v) is 16.0. The third-order valence-electron chi connectivity index (χ3n) is 4.58. The molecule has 0 aliphatic heterocycles. The fourth-order valence-electron chi connectivity index (χ4n) is 3.16. The van der Waals surface area contributed by atoms with Gasteiger partial charge >= 0.3 is 5.69 Å². The van der Waals surface area contributed by atoms with Crippen molar-refractivity contribution in [3.8, 4) is 0 Å². The number of carbonyl (C=O) groups is 1. The van der Waals surface area contributed by atoms with Crippen LogP contribution in [0.5, 0.6) is 0 Å². The van der Waals surface area contributed by atoms with Crippen LogP contribution in [0.15, 0.2) is 36.5 Å². The average molecular weight is 382 g/mol. The summed E-state index contributed by atoms with van der Waals surface area (Å²) in [6.45, 7) is 6.76. The number of hydrogen-bond acceptors (Lipinski definition) is 5. The fourth-order valence-corrected chi connectivity index (χ4v) is 3.16. The Labute approximate surface area is 162 Å². The molecule has 0 bridgehead atoms. The van der Waals surface area contributed by atoms with Crippen molar-refractivity contribution < 1.29 is 9.72 Å². The number of nitrogens with zero attached hydrogens (tertiary/aromatic N) is 5. The number of rotatable bonds is 7. The Kier molecular flexibility index (Phi) is 5.53. The van der Waals surface area contributed by atoms with Gasteiger partial charge in [-0.1, -0.05) is 12.1 Å². The first-order valence-corrected chi connectivity index (χ1v) is 8.97. The first-order valence-electron chi connectivity index (χ1n) is 8.97. The molecule has 2 heterocycles. The molecule has 2 aromatic heterocycles. The van der Waals surface area contributed by atoms with Gasteiger partial charge in [0.25, 0.3) is 5.91 Å². The molecule has 1 N–H and O–H groups in total. The van der Waals surface area contributed by atoms with Crippen LogP contribution in [-0.2, 0) is 19.6 Å². The third kappa shape index (κ3) is 3.93. The molecule has 146 valence electrons. The topological polar surface area (TPSA) is 108 Å². The lowest BCUT2D eigenvalue weighted by Crippen LogP contribution is -2.24. The van der Waals surface area contributed by atoms with Crippen molar-refractivity contribution in [3.63, 3.8) is 0 Å². The van der Waals surface area contributed by atoms with E-state index in [1.807, 2.05) is 23.7 Å². The predicted molar refractivity (Wildman–Crippen MR) is 103 cm³/mol. The van der Waals surface area contributed by atoms with E-state index in [2.05, 4.69) is 15.5 Å². The zero-order valence-electron chi connectivity index (χ0n) is 16.0. The Balaban J connectivity index is 1.73. The molecule has 0 aliphatic rings. The van der Waals surface area contributed by atoms with E-state index in [4.69, 9.17) is 0 Å². The van der Waals surface area contributed by atoms with Gasteiger partial charge in [0, 0.05) is 18.3 Å². The Bertz CT molecular complexity index is 1020. The Morgan fingerprint density at radius 3 is 2.71 bits per heavy atom. The molecule has 3 aromatic rings. The van der Waals surface area contributed by atoms with Crippen LogP contribution in [-0.4, -0.2) is 30.4 Å². The van der Waals surface area contributed by atoms with Gasteiger partial charge in [0.15, 0.2) is 0 Å². The van der Waals surface area contributed by atoms with E-state index in [9.17, 15) is 14.9 Å². The second-order valence-electron chi connectivity index (χ2n) is 6.46. The van der Waals surface area contributed by atoms with Gasteiger partial charge in [-0.25, -0.2) is 0 Å². The largest absolute Gasteiger partial charge is 0.346 e. The molecule has 3 rings (SSSR count). The van der Waals surface area contributed by atoms with Crippen LogP contribution in [0.1, 0.15) is 39.9 Å². The Morgan fingerprint density at radius 2 is 2.04 bits per heavy atom. The minimum atomic E-state index is -0.418. The van der Waals surface area contributed by atoms with Gasteiger partial charge in [-0.2, -0.15) is 10.2 Å². The van der Waals surface area contributed by atoms with Crippen molar-refractivity contribution in [2.45, 2.75) is 40.4 Å². The monoisotopic (exact) mass is 382 g/mol. The SMILES string of the molecule is CCn1nccc1CNC(=O)c1cccc(Cn2nc(C)c([N+](=O)[O-])c2C)c1. The van der Waals surface area contributed by atoms with Crippen molar-refractivity contribution in [1.82, 2.24) is 24.9 Å². The summed E-state index contributed by atoms with van der Waals surface area (Å²) in [5, 5.41) is 22.5. The summed E-state index contributed by atoms with van der Waals surface area (Å²) in [6.07, 6.45) is 1.71. The molecule has 0 radical (unpaired) electrons. The maximum Gasteiger partial charge on any atom is 0.312 e. The van der Waals surface area contributed by atoms with E-state index in [1.54, 1.807) is 42.9 Å².